The summed E-state index contributed by atoms with van der Waals surface area (Å²) in [6, 6.07) is -0.187. The van der Waals surface area contributed by atoms with Crippen molar-refractivity contribution < 1.29 is 9.53 Å². The average Bonchev–Trinajstić information content (AvgIpc) is 2.03. The molecule has 1 saturated heterocycles. The Morgan fingerprint density at radius 2 is 2.08 bits per heavy atom. The van der Waals surface area contributed by atoms with Crippen LogP contribution in [0.25, 0.3) is 0 Å². The molecule has 0 aromatic carbocycles. The minimum Gasteiger partial charge on any atom is -0.459 e. The first kappa shape index (κ1) is 10.5. The topological polar surface area (TPSA) is 50.4 Å². The predicted octanol–water partition coefficient (Wildman–Crippen LogP) is -0.110. The minimum absolute atomic E-state index is 0.167. The van der Waals surface area contributed by atoms with E-state index in [2.05, 4.69) is 10.6 Å². The van der Waals surface area contributed by atoms with Gasteiger partial charge >= 0.3 is 5.97 Å². The molecule has 4 heteroatoms. The first-order chi connectivity index (χ1) is 5.99. The Labute approximate surface area is 79.0 Å². The van der Waals surface area contributed by atoms with Crippen LogP contribution in [0.4, 0.5) is 0 Å². The van der Waals surface area contributed by atoms with Crippen molar-refractivity contribution in [1.29, 1.82) is 0 Å². The summed E-state index contributed by atoms with van der Waals surface area (Å²) in [5.74, 6) is -0.167. The van der Waals surface area contributed by atoms with Crippen LogP contribution < -0.4 is 10.6 Å². The molecule has 0 spiro atoms. The van der Waals surface area contributed by atoms with Gasteiger partial charge < -0.3 is 15.4 Å². The summed E-state index contributed by atoms with van der Waals surface area (Å²) >= 11 is 0. The van der Waals surface area contributed by atoms with Crippen LogP contribution in [0.5, 0.6) is 0 Å². The minimum atomic E-state index is -0.393. The zero-order valence-corrected chi connectivity index (χ0v) is 8.52. The quantitative estimate of drug-likeness (QED) is 0.561. The van der Waals surface area contributed by atoms with Crippen LogP contribution >= 0.6 is 0 Å². The Bertz CT molecular complexity index is 181. The van der Waals surface area contributed by atoms with E-state index < -0.39 is 5.60 Å². The van der Waals surface area contributed by atoms with Gasteiger partial charge in [-0.05, 0) is 20.8 Å². The van der Waals surface area contributed by atoms with E-state index in [1.54, 1.807) is 0 Å². The lowest BCUT2D eigenvalue weighted by atomic mass is 10.2. The van der Waals surface area contributed by atoms with Gasteiger partial charge in [0.1, 0.15) is 11.6 Å². The Morgan fingerprint density at radius 3 is 2.54 bits per heavy atom. The molecule has 76 valence electrons. The zero-order chi connectivity index (χ0) is 9.90. The molecule has 0 bridgehead atoms. The standard InChI is InChI=1S/C9H18N2O2/c1-9(2,3)13-8(12)7-6-10-4-5-11-7/h7,10-11H,4-6H2,1-3H3. The second-order valence-electron chi connectivity index (χ2n) is 4.24. The van der Waals surface area contributed by atoms with E-state index in [1.165, 1.54) is 0 Å². The second kappa shape index (κ2) is 4.07. The van der Waals surface area contributed by atoms with E-state index >= 15 is 0 Å². The Balaban J connectivity index is 2.38. The number of rotatable bonds is 1. The lowest BCUT2D eigenvalue weighted by Crippen LogP contribution is -2.53. The molecule has 1 fully saturated rings. The maximum Gasteiger partial charge on any atom is 0.324 e. The summed E-state index contributed by atoms with van der Waals surface area (Å²) in [5, 5.41) is 6.24. The fourth-order valence-electron chi connectivity index (χ4n) is 1.19. The molecule has 1 heterocycles. The number of carbonyl (C=O) groups excluding carboxylic acids is 1. The third-order valence-electron chi connectivity index (χ3n) is 1.73. The summed E-state index contributed by atoms with van der Waals surface area (Å²) < 4.78 is 5.24. The lowest BCUT2D eigenvalue weighted by Gasteiger charge is -2.27. The maximum atomic E-state index is 11.5. The van der Waals surface area contributed by atoms with Crippen molar-refractivity contribution in [3.05, 3.63) is 0 Å². The molecule has 4 nitrogen and oxygen atoms in total. The molecule has 0 amide bonds. The van der Waals surface area contributed by atoms with Gasteiger partial charge in [0.15, 0.2) is 0 Å². The number of carbonyl (C=O) groups is 1. The predicted molar refractivity (Wildman–Crippen MR) is 50.5 cm³/mol. The van der Waals surface area contributed by atoms with Crippen LogP contribution in [0.2, 0.25) is 0 Å². The number of hydrogen-bond donors (Lipinski definition) is 2. The van der Waals surface area contributed by atoms with Gasteiger partial charge in [0.25, 0.3) is 0 Å². The molecule has 2 N–H and O–H groups in total. The number of hydrogen-bond acceptors (Lipinski definition) is 4. The highest BCUT2D eigenvalue weighted by Gasteiger charge is 2.25. The molecule has 0 aromatic rings. The van der Waals surface area contributed by atoms with Crippen molar-refractivity contribution in [2.24, 2.45) is 0 Å². The average molecular weight is 186 g/mol. The highest BCUT2D eigenvalue weighted by atomic mass is 16.6. The zero-order valence-electron chi connectivity index (χ0n) is 8.52. The Morgan fingerprint density at radius 1 is 1.38 bits per heavy atom. The monoisotopic (exact) mass is 186 g/mol. The molecule has 0 aliphatic carbocycles. The summed E-state index contributed by atoms with van der Waals surface area (Å²) in [4.78, 5) is 11.5. The van der Waals surface area contributed by atoms with Crippen LogP contribution in [0.1, 0.15) is 20.8 Å². The van der Waals surface area contributed by atoms with Crippen molar-refractivity contribution in [2.45, 2.75) is 32.4 Å². The molecule has 0 saturated carbocycles. The van der Waals surface area contributed by atoms with Gasteiger partial charge in [-0.25, -0.2) is 0 Å². The van der Waals surface area contributed by atoms with Gasteiger partial charge in [0.2, 0.25) is 0 Å². The third kappa shape index (κ3) is 3.74. The highest BCUT2D eigenvalue weighted by Crippen LogP contribution is 2.08. The normalized spacial score (nSPS) is 24.1. The van der Waals surface area contributed by atoms with Crippen molar-refractivity contribution in [3.8, 4) is 0 Å². The molecule has 0 radical (unpaired) electrons. The van der Waals surface area contributed by atoms with Crippen molar-refractivity contribution in [2.75, 3.05) is 19.6 Å². The third-order valence-corrected chi connectivity index (χ3v) is 1.73. The van der Waals surface area contributed by atoms with Gasteiger partial charge in [-0.1, -0.05) is 0 Å². The maximum absolute atomic E-state index is 11.5. The largest absolute Gasteiger partial charge is 0.459 e. The van der Waals surface area contributed by atoms with Crippen molar-refractivity contribution in [3.63, 3.8) is 0 Å². The van der Waals surface area contributed by atoms with E-state index in [0.29, 0.717) is 6.54 Å². The fraction of sp³-hybridized carbons (Fsp3) is 0.889. The van der Waals surface area contributed by atoms with Crippen molar-refractivity contribution >= 4 is 5.97 Å². The summed E-state index contributed by atoms with van der Waals surface area (Å²) in [5.41, 5.74) is -0.393. The SMILES string of the molecule is CC(C)(C)OC(=O)C1CNCCN1. The van der Waals surface area contributed by atoms with Crippen LogP contribution in [-0.2, 0) is 9.53 Å². The van der Waals surface area contributed by atoms with E-state index in [4.69, 9.17) is 4.74 Å². The summed E-state index contributed by atoms with van der Waals surface area (Å²) in [7, 11) is 0. The molecular formula is C9H18N2O2. The smallest absolute Gasteiger partial charge is 0.324 e. The molecule has 13 heavy (non-hydrogen) atoms. The number of ether oxygens (including phenoxy) is 1. The molecule has 1 atom stereocenters. The number of esters is 1. The van der Waals surface area contributed by atoms with Gasteiger partial charge in [-0.3, -0.25) is 4.79 Å². The second-order valence-corrected chi connectivity index (χ2v) is 4.24. The molecule has 1 unspecified atom stereocenters. The summed E-state index contributed by atoms with van der Waals surface area (Å²) in [6.45, 7) is 8.03. The fourth-order valence-corrected chi connectivity index (χ4v) is 1.19. The Kier molecular flexibility index (Phi) is 3.27. The van der Waals surface area contributed by atoms with Gasteiger partial charge in [-0.2, -0.15) is 0 Å². The molecule has 1 aliphatic heterocycles. The first-order valence-electron chi connectivity index (χ1n) is 4.66. The van der Waals surface area contributed by atoms with E-state index in [0.717, 1.165) is 13.1 Å². The van der Waals surface area contributed by atoms with Crippen LogP contribution in [0.3, 0.4) is 0 Å². The first-order valence-corrected chi connectivity index (χ1v) is 4.66. The molecule has 0 aromatic heterocycles. The number of piperazine rings is 1. The lowest BCUT2D eigenvalue weighted by molar-refractivity contribution is -0.157. The van der Waals surface area contributed by atoms with Crippen LogP contribution in [-0.4, -0.2) is 37.2 Å². The number of nitrogens with one attached hydrogen (secondary N) is 2. The van der Waals surface area contributed by atoms with E-state index in [9.17, 15) is 4.79 Å². The summed E-state index contributed by atoms with van der Waals surface area (Å²) in [6.07, 6.45) is 0. The van der Waals surface area contributed by atoms with Gasteiger partial charge in [-0.15, -0.1) is 0 Å². The van der Waals surface area contributed by atoms with Gasteiger partial charge in [0, 0.05) is 19.6 Å². The van der Waals surface area contributed by atoms with E-state index in [1.807, 2.05) is 20.8 Å². The Hall–Kier alpha value is -0.610. The molecule has 1 rings (SSSR count). The van der Waals surface area contributed by atoms with E-state index in [-0.39, 0.29) is 12.0 Å². The van der Waals surface area contributed by atoms with Gasteiger partial charge in [0.05, 0.1) is 0 Å². The molecule has 1 aliphatic rings. The van der Waals surface area contributed by atoms with Crippen molar-refractivity contribution in [1.82, 2.24) is 10.6 Å². The molecular weight excluding hydrogens is 168 g/mol. The highest BCUT2D eigenvalue weighted by molar-refractivity contribution is 5.76. The van der Waals surface area contributed by atoms with Crippen LogP contribution in [0, 0.1) is 0 Å². The van der Waals surface area contributed by atoms with Crippen LogP contribution in [0.15, 0.2) is 0 Å².